The minimum absolute atomic E-state index is 0.0274. The van der Waals surface area contributed by atoms with Crippen molar-refractivity contribution in [1.82, 2.24) is 4.72 Å². The topological polar surface area (TPSA) is 96.3 Å². The first-order valence-corrected chi connectivity index (χ1v) is 7.89. The van der Waals surface area contributed by atoms with E-state index in [2.05, 4.69) is 9.46 Å². The third-order valence-corrected chi connectivity index (χ3v) is 4.53. The summed E-state index contributed by atoms with van der Waals surface area (Å²) in [5.41, 5.74) is 0.170. The Labute approximate surface area is 128 Å². The van der Waals surface area contributed by atoms with Crippen LogP contribution in [0.3, 0.4) is 0 Å². The highest BCUT2D eigenvalue weighted by Crippen LogP contribution is 2.21. The van der Waals surface area contributed by atoms with Crippen LogP contribution in [0.2, 0.25) is 5.02 Å². The van der Waals surface area contributed by atoms with Crippen LogP contribution in [0.4, 0.5) is 0 Å². The summed E-state index contributed by atoms with van der Waals surface area (Å²) in [6.07, 6.45) is 0. The second-order valence-corrected chi connectivity index (χ2v) is 6.74. The van der Waals surface area contributed by atoms with Crippen molar-refractivity contribution in [3.63, 3.8) is 0 Å². The van der Waals surface area contributed by atoms with E-state index in [1.54, 1.807) is 13.8 Å². The van der Waals surface area contributed by atoms with Gasteiger partial charge in [0.1, 0.15) is 12.1 Å². The molecule has 0 amide bonds. The van der Waals surface area contributed by atoms with E-state index in [-0.39, 0.29) is 21.4 Å². The van der Waals surface area contributed by atoms with Crippen LogP contribution in [0.1, 0.15) is 19.4 Å². The molecule has 0 fully saturated rings. The number of hydrogen-bond donors (Lipinski definition) is 1. The zero-order chi connectivity index (χ0) is 16.2. The van der Waals surface area contributed by atoms with Gasteiger partial charge in [-0.15, -0.1) is 0 Å². The van der Waals surface area contributed by atoms with E-state index in [4.69, 9.17) is 16.9 Å². The Morgan fingerprint density at radius 3 is 2.48 bits per heavy atom. The minimum Gasteiger partial charge on any atom is -0.468 e. The van der Waals surface area contributed by atoms with Crippen LogP contribution in [0.25, 0.3) is 0 Å². The van der Waals surface area contributed by atoms with E-state index in [1.165, 1.54) is 19.2 Å². The van der Waals surface area contributed by atoms with E-state index in [0.29, 0.717) is 0 Å². The highest BCUT2D eigenvalue weighted by atomic mass is 35.5. The fourth-order valence-electron chi connectivity index (χ4n) is 1.57. The average Bonchev–Trinajstić information content (AvgIpc) is 2.43. The lowest BCUT2D eigenvalue weighted by molar-refractivity contribution is -0.143. The predicted molar refractivity (Wildman–Crippen MR) is 77.1 cm³/mol. The number of ether oxygens (including phenoxy) is 1. The highest BCUT2D eigenvalue weighted by Gasteiger charge is 2.29. The number of nitrogens with zero attached hydrogens (tertiary/aromatic N) is 1. The van der Waals surface area contributed by atoms with Gasteiger partial charge in [-0.1, -0.05) is 25.4 Å². The van der Waals surface area contributed by atoms with Crippen LogP contribution >= 0.6 is 11.6 Å². The van der Waals surface area contributed by atoms with E-state index in [1.807, 2.05) is 6.07 Å². The fraction of sp³-hybridized carbons (Fsp3) is 0.385. The Morgan fingerprint density at radius 2 is 2.05 bits per heavy atom. The first kappa shape index (κ1) is 17.4. The molecule has 1 aromatic rings. The van der Waals surface area contributed by atoms with E-state index in [9.17, 15) is 13.2 Å². The maximum absolute atomic E-state index is 12.3. The summed E-state index contributed by atoms with van der Waals surface area (Å²) in [6.45, 7) is 3.38. The summed E-state index contributed by atoms with van der Waals surface area (Å²) in [5.74, 6) is -0.964. The van der Waals surface area contributed by atoms with Gasteiger partial charge in [0, 0.05) is 0 Å². The molecule has 21 heavy (non-hydrogen) atoms. The van der Waals surface area contributed by atoms with Crippen molar-refractivity contribution in [2.24, 2.45) is 5.92 Å². The largest absolute Gasteiger partial charge is 0.468 e. The van der Waals surface area contributed by atoms with Gasteiger partial charge in [0.25, 0.3) is 0 Å². The molecule has 0 spiro atoms. The Morgan fingerprint density at radius 1 is 1.43 bits per heavy atom. The smallest absolute Gasteiger partial charge is 0.324 e. The zero-order valence-electron chi connectivity index (χ0n) is 11.8. The molecule has 1 rings (SSSR count). The normalized spacial score (nSPS) is 12.8. The molecule has 1 atom stereocenters. The van der Waals surface area contributed by atoms with Crippen molar-refractivity contribution in [2.45, 2.75) is 24.8 Å². The third-order valence-electron chi connectivity index (χ3n) is 2.78. The quantitative estimate of drug-likeness (QED) is 0.829. The van der Waals surface area contributed by atoms with Crippen molar-refractivity contribution in [3.8, 4) is 6.07 Å². The maximum atomic E-state index is 12.3. The molecule has 0 aliphatic rings. The van der Waals surface area contributed by atoms with Gasteiger partial charge in [0.15, 0.2) is 0 Å². The Balaban J connectivity index is 3.14. The van der Waals surface area contributed by atoms with Crippen molar-refractivity contribution in [1.29, 1.82) is 5.26 Å². The summed E-state index contributed by atoms with van der Waals surface area (Å²) < 4.78 is 31.4. The fourth-order valence-corrected chi connectivity index (χ4v) is 3.22. The highest BCUT2D eigenvalue weighted by molar-refractivity contribution is 7.89. The van der Waals surface area contributed by atoms with Gasteiger partial charge in [-0.3, -0.25) is 4.79 Å². The second-order valence-electron chi connectivity index (χ2n) is 4.62. The van der Waals surface area contributed by atoms with Crippen LogP contribution in [-0.4, -0.2) is 27.5 Å². The molecule has 6 nitrogen and oxygen atoms in total. The molecule has 0 heterocycles. The standard InChI is InChI=1S/C13H15ClN2O4S/c1-8(2)12(13(17)20-3)16-21(18,19)10-5-4-9(7-15)11(14)6-10/h4-6,8,12,16H,1-3H3/t12-/m1/s1. The Kier molecular flexibility index (Phi) is 5.72. The van der Waals surface area contributed by atoms with Crippen molar-refractivity contribution < 1.29 is 17.9 Å². The molecule has 1 N–H and O–H groups in total. The number of carbonyl (C=O) groups is 1. The second kappa shape index (κ2) is 6.89. The number of benzene rings is 1. The van der Waals surface area contributed by atoms with Gasteiger partial charge in [-0.05, 0) is 24.1 Å². The molecule has 8 heteroatoms. The lowest BCUT2D eigenvalue weighted by atomic mass is 10.1. The number of nitrogens with one attached hydrogen (secondary N) is 1. The summed E-state index contributed by atoms with van der Waals surface area (Å²) in [7, 11) is -2.77. The number of hydrogen-bond acceptors (Lipinski definition) is 5. The minimum atomic E-state index is -3.95. The molecule has 0 aliphatic carbocycles. The van der Waals surface area contributed by atoms with Crippen molar-refractivity contribution >= 4 is 27.6 Å². The molecule has 114 valence electrons. The number of rotatable bonds is 5. The summed E-state index contributed by atoms with van der Waals surface area (Å²) >= 11 is 5.82. The van der Waals surface area contributed by atoms with Gasteiger partial charge < -0.3 is 4.74 Å². The number of sulfonamides is 1. The van der Waals surface area contributed by atoms with E-state index < -0.39 is 22.0 Å². The third kappa shape index (κ3) is 4.17. The maximum Gasteiger partial charge on any atom is 0.324 e. The molecule has 0 bridgehead atoms. The van der Waals surface area contributed by atoms with Crippen LogP contribution in [-0.2, 0) is 19.6 Å². The number of halogens is 1. The molecule has 0 saturated heterocycles. The first-order chi connectivity index (χ1) is 9.72. The number of methoxy groups -OCH3 is 1. The Hall–Kier alpha value is -1.62. The van der Waals surface area contributed by atoms with Crippen LogP contribution in [0.15, 0.2) is 23.1 Å². The number of carbonyl (C=O) groups excluding carboxylic acids is 1. The summed E-state index contributed by atoms with van der Waals surface area (Å²) in [5, 5.41) is 8.80. The average molecular weight is 331 g/mol. The number of esters is 1. The van der Waals surface area contributed by atoms with Crippen LogP contribution < -0.4 is 4.72 Å². The molecule has 0 saturated carbocycles. The molecular weight excluding hydrogens is 316 g/mol. The first-order valence-electron chi connectivity index (χ1n) is 6.02. The van der Waals surface area contributed by atoms with Gasteiger partial charge in [-0.2, -0.15) is 9.98 Å². The monoisotopic (exact) mass is 330 g/mol. The van der Waals surface area contributed by atoms with Gasteiger partial charge in [0.2, 0.25) is 10.0 Å². The van der Waals surface area contributed by atoms with Crippen molar-refractivity contribution in [2.75, 3.05) is 7.11 Å². The van der Waals surface area contributed by atoms with Crippen molar-refractivity contribution in [3.05, 3.63) is 28.8 Å². The van der Waals surface area contributed by atoms with Gasteiger partial charge in [0.05, 0.1) is 22.6 Å². The molecule has 0 unspecified atom stereocenters. The number of nitriles is 1. The SMILES string of the molecule is COC(=O)[C@H](NS(=O)(=O)c1ccc(C#N)c(Cl)c1)C(C)C. The summed E-state index contributed by atoms with van der Waals surface area (Å²) in [4.78, 5) is 11.5. The molecular formula is C13H15ClN2O4S. The molecule has 0 aromatic heterocycles. The van der Waals surface area contributed by atoms with Crippen LogP contribution in [0, 0.1) is 17.2 Å². The van der Waals surface area contributed by atoms with Gasteiger partial charge >= 0.3 is 5.97 Å². The van der Waals surface area contributed by atoms with Crippen LogP contribution in [0.5, 0.6) is 0 Å². The summed E-state index contributed by atoms with van der Waals surface area (Å²) in [6, 6.07) is 4.55. The van der Waals surface area contributed by atoms with Gasteiger partial charge in [-0.25, -0.2) is 8.42 Å². The lowest BCUT2D eigenvalue weighted by Crippen LogP contribution is -2.44. The molecule has 1 aromatic carbocycles. The zero-order valence-corrected chi connectivity index (χ0v) is 13.3. The molecule has 0 radical (unpaired) electrons. The molecule has 0 aliphatic heterocycles. The van der Waals surface area contributed by atoms with E-state index in [0.717, 1.165) is 6.07 Å². The Bertz CT molecular complexity index is 680. The predicted octanol–water partition coefficient (Wildman–Crippen LogP) is 1.69. The lowest BCUT2D eigenvalue weighted by Gasteiger charge is -2.19. The van der Waals surface area contributed by atoms with E-state index >= 15 is 0 Å².